The topological polar surface area (TPSA) is 112 Å². The molecule has 7 rings (SSSR count). The number of nitrogens with zero attached hydrogens (tertiary/aromatic N) is 6. The van der Waals surface area contributed by atoms with E-state index in [9.17, 15) is 4.57 Å². The first-order chi connectivity index (χ1) is 24.6. The van der Waals surface area contributed by atoms with Gasteiger partial charge in [0.1, 0.15) is 23.4 Å². The molecule has 0 saturated carbocycles. The van der Waals surface area contributed by atoms with Crippen LogP contribution in [0.3, 0.4) is 0 Å². The van der Waals surface area contributed by atoms with Crippen LogP contribution in [-0.4, -0.2) is 97.5 Å². The van der Waals surface area contributed by atoms with Crippen molar-refractivity contribution >= 4 is 64.0 Å². The Bertz CT molecular complexity index is 2070. The van der Waals surface area contributed by atoms with Gasteiger partial charge in [0.2, 0.25) is 5.95 Å². The molecule has 0 aliphatic carbocycles. The van der Waals surface area contributed by atoms with Crippen LogP contribution in [-0.2, 0) is 11.0 Å². The molecular weight excluding hydrogens is 683 g/mol. The minimum Gasteiger partial charge on any atom is -0.494 e. The van der Waals surface area contributed by atoms with Crippen molar-refractivity contribution in [3.8, 4) is 16.9 Å². The molecule has 0 spiro atoms. The number of piperidine rings is 1. The van der Waals surface area contributed by atoms with Crippen molar-refractivity contribution in [2.75, 3.05) is 82.3 Å². The summed E-state index contributed by atoms with van der Waals surface area (Å²) in [5.41, 5.74) is 7.24. The number of fused-ring (bicyclic) bond motifs is 1. The first kappa shape index (κ1) is 35.3. The highest BCUT2D eigenvalue weighted by Crippen LogP contribution is 2.41. The number of oxazole rings is 1. The van der Waals surface area contributed by atoms with E-state index in [0.29, 0.717) is 39.4 Å². The molecule has 2 aromatic heterocycles. The van der Waals surface area contributed by atoms with Gasteiger partial charge in [0.25, 0.3) is 0 Å². The van der Waals surface area contributed by atoms with Gasteiger partial charge in [-0.15, -0.1) is 0 Å². The van der Waals surface area contributed by atoms with E-state index in [1.165, 1.54) is 17.6 Å². The van der Waals surface area contributed by atoms with Crippen LogP contribution in [0.25, 0.3) is 22.2 Å². The summed E-state index contributed by atoms with van der Waals surface area (Å²) in [7, 11) is 1.17. The number of ether oxygens (including phenoxy) is 1. The third-order valence-corrected chi connectivity index (χ3v) is 11.9. The van der Waals surface area contributed by atoms with E-state index in [2.05, 4.69) is 61.4 Å². The quantitative estimate of drug-likeness (QED) is 0.140. The Morgan fingerprint density at radius 3 is 2.41 bits per heavy atom. The second-order valence-corrected chi connectivity index (χ2v) is 17.4. The van der Waals surface area contributed by atoms with E-state index >= 15 is 0 Å². The average Bonchev–Trinajstić information content (AvgIpc) is 3.61. The Hall–Kier alpha value is -4.15. The number of aryl methyl sites for hydroxylation is 1. The first-order valence-corrected chi connectivity index (χ1v) is 20.6. The van der Waals surface area contributed by atoms with E-state index in [0.717, 1.165) is 86.6 Å². The van der Waals surface area contributed by atoms with Crippen molar-refractivity contribution < 1.29 is 13.7 Å². The summed E-state index contributed by atoms with van der Waals surface area (Å²) in [5, 5.41) is 7.74. The number of nitrogens with one attached hydrogen (secondary N) is 2. The minimum absolute atomic E-state index is 0.339. The molecule has 51 heavy (non-hydrogen) atoms. The first-order valence-electron chi connectivity index (χ1n) is 17.6. The lowest BCUT2D eigenvalue weighted by Crippen LogP contribution is -2.52. The fraction of sp³-hybridized carbons (Fsp3) is 0.395. The molecule has 2 aliphatic rings. The zero-order valence-electron chi connectivity index (χ0n) is 29.9. The van der Waals surface area contributed by atoms with E-state index in [1.54, 1.807) is 26.6 Å². The van der Waals surface area contributed by atoms with Crippen LogP contribution >= 0.6 is 18.7 Å². The minimum atomic E-state index is -2.73. The summed E-state index contributed by atoms with van der Waals surface area (Å²) in [6, 6.07) is 16.6. The van der Waals surface area contributed by atoms with Crippen molar-refractivity contribution in [3.63, 3.8) is 0 Å². The summed E-state index contributed by atoms with van der Waals surface area (Å²) in [4.78, 5) is 21.1. The molecule has 5 aromatic rings. The monoisotopic (exact) mass is 728 g/mol. The zero-order valence-corrected chi connectivity index (χ0v) is 31.6. The number of halogens is 1. The largest absolute Gasteiger partial charge is 0.494 e. The molecule has 2 N–H and O–H groups in total. The number of piperazine rings is 1. The molecule has 0 bridgehead atoms. The summed E-state index contributed by atoms with van der Waals surface area (Å²) >= 11 is 6.63. The molecule has 13 heteroatoms. The fourth-order valence-electron chi connectivity index (χ4n) is 7.18. The van der Waals surface area contributed by atoms with Crippen molar-refractivity contribution in [3.05, 3.63) is 71.7 Å². The number of rotatable bonds is 10. The number of anilines is 5. The van der Waals surface area contributed by atoms with Crippen LogP contribution in [0.1, 0.15) is 25.3 Å². The van der Waals surface area contributed by atoms with Gasteiger partial charge in [0.05, 0.1) is 24.7 Å². The molecule has 11 nitrogen and oxygen atoms in total. The fourth-order valence-corrected chi connectivity index (χ4v) is 8.48. The highest BCUT2D eigenvalue weighted by Gasteiger charge is 2.28. The Morgan fingerprint density at radius 1 is 0.941 bits per heavy atom. The van der Waals surface area contributed by atoms with Crippen molar-refractivity contribution in [1.82, 2.24) is 24.8 Å². The molecule has 4 heterocycles. The van der Waals surface area contributed by atoms with Crippen LogP contribution in [0.2, 0.25) is 5.02 Å². The van der Waals surface area contributed by atoms with Crippen molar-refractivity contribution in [2.45, 2.75) is 32.2 Å². The van der Waals surface area contributed by atoms with Gasteiger partial charge >= 0.3 is 0 Å². The van der Waals surface area contributed by atoms with Crippen molar-refractivity contribution in [1.29, 1.82) is 0 Å². The third-order valence-electron chi connectivity index (χ3n) is 10.1. The molecule has 0 unspecified atom stereocenters. The predicted octanol–water partition coefficient (Wildman–Crippen LogP) is 7.46. The average molecular weight is 729 g/mol. The van der Waals surface area contributed by atoms with Crippen LogP contribution in [0.4, 0.5) is 28.8 Å². The Morgan fingerprint density at radius 2 is 1.69 bits per heavy atom. The normalized spacial score (nSPS) is 16.5. The SMILES string of the molecule is CCc1cc(Nc2ncc(Cl)c(Nc3ccc(-c4ccc5ocnc5c4)cc3P(C)(C)=O)n2)c(OC)cc1N1CCC(N2CCN(C)CC2)CC1. The third kappa shape index (κ3) is 7.72. The van der Waals surface area contributed by atoms with Crippen LogP contribution in [0.15, 0.2) is 65.5 Å². The predicted molar refractivity (Wildman–Crippen MR) is 209 cm³/mol. The summed E-state index contributed by atoms with van der Waals surface area (Å²) in [5.74, 6) is 1.48. The maximum absolute atomic E-state index is 13.6. The second-order valence-electron chi connectivity index (χ2n) is 13.9. The Kier molecular flexibility index (Phi) is 10.3. The number of aromatic nitrogens is 3. The van der Waals surface area contributed by atoms with Gasteiger partial charge in [-0.25, -0.2) is 9.97 Å². The van der Waals surface area contributed by atoms with E-state index in [4.69, 9.17) is 25.7 Å². The van der Waals surface area contributed by atoms with Crippen LogP contribution in [0, 0.1) is 0 Å². The zero-order chi connectivity index (χ0) is 35.7. The summed E-state index contributed by atoms with van der Waals surface area (Å²) in [6.45, 7) is 12.4. The van der Waals surface area contributed by atoms with Gasteiger partial charge in [0, 0.05) is 62.4 Å². The molecule has 2 fully saturated rings. The van der Waals surface area contributed by atoms with E-state index in [-0.39, 0.29) is 0 Å². The number of hydrogen-bond donors (Lipinski definition) is 2. The Labute approximate surface area is 304 Å². The lowest BCUT2D eigenvalue weighted by atomic mass is 9.99. The Balaban J connectivity index is 1.10. The molecule has 2 saturated heterocycles. The van der Waals surface area contributed by atoms with Crippen molar-refractivity contribution in [2.24, 2.45) is 0 Å². The van der Waals surface area contributed by atoms with Gasteiger partial charge in [-0.05, 0) is 86.7 Å². The summed E-state index contributed by atoms with van der Waals surface area (Å²) in [6.07, 6.45) is 6.20. The van der Waals surface area contributed by atoms with Gasteiger partial charge in [0.15, 0.2) is 17.8 Å². The smallest absolute Gasteiger partial charge is 0.229 e. The highest BCUT2D eigenvalue weighted by molar-refractivity contribution is 7.70. The highest BCUT2D eigenvalue weighted by atomic mass is 35.5. The molecule has 268 valence electrons. The number of benzene rings is 3. The van der Waals surface area contributed by atoms with E-state index in [1.807, 2.05) is 36.4 Å². The molecule has 2 aliphatic heterocycles. The van der Waals surface area contributed by atoms with Gasteiger partial charge in [-0.1, -0.05) is 30.7 Å². The van der Waals surface area contributed by atoms with Gasteiger partial charge in [-0.3, -0.25) is 4.90 Å². The molecule has 0 amide bonds. The lowest BCUT2D eigenvalue weighted by Gasteiger charge is -2.43. The second kappa shape index (κ2) is 14.8. The molecule has 0 radical (unpaired) electrons. The van der Waals surface area contributed by atoms with Crippen LogP contribution < -0.4 is 25.6 Å². The van der Waals surface area contributed by atoms with Crippen LogP contribution in [0.5, 0.6) is 5.75 Å². The van der Waals surface area contributed by atoms with Gasteiger partial charge < -0.3 is 34.2 Å². The number of methoxy groups -OCH3 is 1. The maximum Gasteiger partial charge on any atom is 0.229 e. The van der Waals surface area contributed by atoms with Gasteiger partial charge in [-0.2, -0.15) is 4.98 Å². The standard InChI is InChI=1S/C38H46ClN8O3P/c1-6-25-19-32(35(49-3)22-33(25)47-13-11-28(12-14-47)46-17-15-45(2)16-18-46)43-38-40-23-29(39)37(44-38)42-30-9-7-27(21-36(30)51(4,5)48)26-8-10-34-31(20-26)41-24-50-34/h7-10,19-24,28H,6,11-18H2,1-5H3,(H2,40,42,43,44). The molecule has 0 atom stereocenters. The van der Waals surface area contributed by atoms with E-state index < -0.39 is 7.14 Å². The summed E-state index contributed by atoms with van der Waals surface area (Å²) < 4.78 is 24.9. The molecular formula is C38H46ClN8O3P. The number of hydrogen-bond acceptors (Lipinski definition) is 11. The number of likely N-dealkylation sites (N-methyl/N-ethyl adjacent to an activating group) is 1. The lowest BCUT2D eigenvalue weighted by molar-refractivity contribution is 0.0982. The maximum atomic E-state index is 13.6. The molecule has 3 aromatic carbocycles.